The average Bonchev–Trinajstić information content (AvgIpc) is 1.83. The van der Waals surface area contributed by atoms with Crippen LogP contribution in [-0.4, -0.2) is 11.4 Å². The maximum Gasteiger partial charge on any atom is 0.118 e. The van der Waals surface area contributed by atoms with E-state index in [0.717, 1.165) is 0 Å². The van der Waals surface area contributed by atoms with E-state index in [9.17, 15) is 0 Å². The summed E-state index contributed by atoms with van der Waals surface area (Å²) in [6.45, 7) is 11.8. The molecule has 3 heteroatoms. The Labute approximate surface area is 81.8 Å². The SMILES string of the molecule is CC(C)C(C)(N)OC(C)(N)C(C)C. The van der Waals surface area contributed by atoms with Gasteiger partial charge in [-0.05, 0) is 25.7 Å². The molecule has 0 saturated carbocycles. The van der Waals surface area contributed by atoms with E-state index in [1.807, 2.05) is 41.5 Å². The third-order valence-electron chi connectivity index (χ3n) is 2.73. The lowest BCUT2D eigenvalue weighted by atomic mass is 9.98. The van der Waals surface area contributed by atoms with Crippen molar-refractivity contribution >= 4 is 0 Å². The predicted octanol–water partition coefficient (Wildman–Crippen LogP) is 1.66. The second kappa shape index (κ2) is 3.95. The largest absolute Gasteiger partial charge is 0.340 e. The molecule has 2 atom stereocenters. The molecule has 0 rings (SSSR count). The van der Waals surface area contributed by atoms with Gasteiger partial charge in [0, 0.05) is 0 Å². The van der Waals surface area contributed by atoms with Crippen molar-refractivity contribution in [3.05, 3.63) is 0 Å². The summed E-state index contributed by atoms with van der Waals surface area (Å²) in [6.07, 6.45) is 0. The molecule has 0 bridgehead atoms. The topological polar surface area (TPSA) is 61.3 Å². The first-order valence-corrected chi connectivity index (χ1v) is 4.87. The molecule has 13 heavy (non-hydrogen) atoms. The number of rotatable bonds is 4. The van der Waals surface area contributed by atoms with Crippen LogP contribution in [0.2, 0.25) is 0 Å². The molecular formula is C10H24N2O. The Morgan fingerprint density at radius 1 is 0.846 bits per heavy atom. The summed E-state index contributed by atoms with van der Waals surface area (Å²) < 4.78 is 5.70. The highest BCUT2D eigenvalue weighted by molar-refractivity contribution is 4.79. The third kappa shape index (κ3) is 3.63. The molecular weight excluding hydrogens is 164 g/mol. The Bertz CT molecular complexity index is 144. The van der Waals surface area contributed by atoms with Crippen molar-refractivity contribution in [1.29, 1.82) is 0 Å². The first-order chi connectivity index (χ1) is 5.59. The van der Waals surface area contributed by atoms with Crippen LogP contribution in [0.15, 0.2) is 0 Å². The molecule has 0 aromatic rings. The highest BCUT2D eigenvalue weighted by Gasteiger charge is 2.34. The van der Waals surface area contributed by atoms with E-state index in [0.29, 0.717) is 0 Å². The van der Waals surface area contributed by atoms with Gasteiger partial charge in [-0.15, -0.1) is 0 Å². The van der Waals surface area contributed by atoms with E-state index in [4.69, 9.17) is 16.2 Å². The van der Waals surface area contributed by atoms with Crippen LogP contribution in [0, 0.1) is 11.8 Å². The van der Waals surface area contributed by atoms with Gasteiger partial charge >= 0.3 is 0 Å². The van der Waals surface area contributed by atoms with Gasteiger partial charge in [-0.25, -0.2) is 0 Å². The Kier molecular flexibility index (Phi) is 3.91. The zero-order valence-electron chi connectivity index (χ0n) is 9.72. The lowest BCUT2D eigenvalue weighted by Gasteiger charge is -2.40. The minimum atomic E-state index is -0.659. The summed E-state index contributed by atoms with van der Waals surface area (Å²) in [4.78, 5) is 0. The number of ether oxygens (including phenoxy) is 1. The van der Waals surface area contributed by atoms with Crippen molar-refractivity contribution in [3.63, 3.8) is 0 Å². The van der Waals surface area contributed by atoms with E-state index in [-0.39, 0.29) is 11.8 Å². The Morgan fingerprint density at radius 3 is 1.23 bits per heavy atom. The van der Waals surface area contributed by atoms with Gasteiger partial charge in [0.2, 0.25) is 0 Å². The third-order valence-corrected chi connectivity index (χ3v) is 2.73. The molecule has 2 unspecified atom stereocenters. The summed E-state index contributed by atoms with van der Waals surface area (Å²) in [6, 6.07) is 0. The minimum absolute atomic E-state index is 0.245. The van der Waals surface area contributed by atoms with Crippen LogP contribution in [0.25, 0.3) is 0 Å². The summed E-state index contributed by atoms with van der Waals surface area (Å²) >= 11 is 0. The fourth-order valence-corrected chi connectivity index (χ4v) is 0.710. The summed E-state index contributed by atoms with van der Waals surface area (Å²) in [5, 5.41) is 0. The van der Waals surface area contributed by atoms with Crippen LogP contribution in [-0.2, 0) is 4.74 Å². The Hall–Kier alpha value is -0.120. The molecule has 0 aliphatic rings. The van der Waals surface area contributed by atoms with Crippen LogP contribution in [0.1, 0.15) is 41.5 Å². The first-order valence-electron chi connectivity index (χ1n) is 4.87. The highest BCUT2D eigenvalue weighted by Crippen LogP contribution is 2.24. The fourth-order valence-electron chi connectivity index (χ4n) is 0.710. The maximum atomic E-state index is 5.98. The molecule has 0 aromatic heterocycles. The molecule has 4 N–H and O–H groups in total. The smallest absolute Gasteiger partial charge is 0.118 e. The molecule has 0 aliphatic carbocycles. The summed E-state index contributed by atoms with van der Waals surface area (Å²) in [5.74, 6) is 0.489. The zero-order valence-corrected chi connectivity index (χ0v) is 9.72. The lowest BCUT2D eigenvalue weighted by molar-refractivity contribution is -0.174. The lowest BCUT2D eigenvalue weighted by Crippen LogP contribution is -2.57. The summed E-state index contributed by atoms with van der Waals surface area (Å²) in [7, 11) is 0. The van der Waals surface area contributed by atoms with Crippen molar-refractivity contribution in [2.75, 3.05) is 0 Å². The number of hydrogen-bond acceptors (Lipinski definition) is 3. The Morgan fingerprint density at radius 2 is 1.08 bits per heavy atom. The van der Waals surface area contributed by atoms with Crippen molar-refractivity contribution in [1.82, 2.24) is 0 Å². The second-order valence-corrected chi connectivity index (χ2v) is 4.78. The van der Waals surface area contributed by atoms with Gasteiger partial charge < -0.3 is 16.2 Å². The van der Waals surface area contributed by atoms with Crippen molar-refractivity contribution in [3.8, 4) is 0 Å². The van der Waals surface area contributed by atoms with E-state index < -0.39 is 11.4 Å². The van der Waals surface area contributed by atoms with Gasteiger partial charge in [-0.2, -0.15) is 0 Å². The molecule has 0 fully saturated rings. The van der Waals surface area contributed by atoms with Gasteiger partial charge in [-0.1, -0.05) is 27.7 Å². The van der Waals surface area contributed by atoms with Crippen LogP contribution in [0.4, 0.5) is 0 Å². The van der Waals surface area contributed by atoms with Gasteiger partial charge in [0.05, 0.1) is 0 Å². The fraction of sp³-hybridized carbons (Fsp3) is 1.00. The van der Waals surface area contributed by atoms with Crippen molar-refractivity contribution < 1.29 is 4.74 Å². The molecule has 0 aliphatic heterocycles. The predicted molar refractivity (Wildman–Crippen MR) is 55.9 cm³/mol. The zero-order chi connectivity index (χ0) is 10.9. The minimum Gasteiger partial charge on any atom is -0.340 e. The number of nitrogens with two attached hydrogens (primary N) is 2. The van der Waals surface area contributed by atoms with Gasteiger partial charge in [0.25, 0.3) is 0 Å². The van der Waals surface area contributed by atoms with Gasteiger partial charge in [0.15, 0.2) is 0 Å². The van der Waals surface area contributed by atoms with E-state index in [1.165, 1.54) is 0 Å². The number of hydrogen-bond donors (Lipinski definition) is 2. The molecule has 3 nitrogen and oxygen atoms in total. The van der Waals surface area contributed by atoms with Crippen LogP contribution >= 0.6 is 0 Å². The highest BCUT2D eigenvalue weighted by atomic mass is 16.5. The Balaban J connectivity index is 4.42. The maximum absolute atomic E-state index is 5.98. The van der Waals surface area contributed by atoms with E-state index in [2.05, 4.69) is 0 Å². The van der Waals surface area contributed by atoms with Gasteiger partial charge in [-0.3, -0.25) is 0 Å². The van der Waals surface area contributed by atoms with E-state index in [1.54, 1.807) is 0 Å². The van der Waals surface area contributed by atoms with Crippen molar-refractivity contribution in [2.24, 2.45) is 23.3 Å². The standard InChI is InChI=1S/C10H24N2O/c1-7(2)9(5,11)13-10(6,12)8(3)4/h7-8H,11-12H2,1-6H3. The van der Waals surface area contributed by atoms with Crippen molar-refractivity contribution in [2.45, 2.75) is 53.0 Å². The van der Waals surface area contributed by atoms with Crippen LogP contribution in [0.5, 0.6) is 0 Å². The first kappa shape index (κ1) is 12.9. The normalized spacial score (nSPS) is 21.7. The van der Waals surface area contributed by atoms with Gasteiger partial charge in [0.1, 0.15) is 11.4 Å². The quantitative estimate of drug-likeness (QED) is 0.660. The molecule has 0 amide bonds. The summed E-state index contributed by atoms with van der Waals surface area (Å²) in [5.41, 5.74) is 10.6. The molecule has 0 saturated heterocycles. The molecule has 0 heterocycles. The molecule has 0 spiro atoms. The molecule has 0 radical (unpaired) electrons. The van der Waals surface area contributed by atoms with Crippen LogP contribution in [0.3, 0.4) is 0 Å². The molecule has 80 valence electrons. The van der Waals surface area contributed by atoms with Crippen LogP contribution < -0.4 is 11.5 Å². The second-order valence-electron chi connectivity index (χ2n) is 4.78. The van der Waals surface area contributed by atoms with E-state index >= 15 is 0 Å². The molecule has 0 aromatic carbocycles. The monoisotopic (exact) mass is 188 g/mol. The average molecular weight is 188 g/mol.